The molecule has 3 aromatic rings. The van der Waals surface area contributed by atoms with Crippen LogP contribution < -0.4 is 0 Å². The summed E-state index contributed by atoms with van der Waals surface area (Å²) in [5.74, 6) is 6.32. The number of hydrogen-bond donors (Lipinski definition) is 0. The highest BCUT2D eigenvalue weighted by atomic mass is 14.9. The maximum Gasteiger partial charge on any atom is 0.223 e. The van der Waals surface area contributed by atoms with E-state index in [1.165, 1.54) is 21.8 Å². The molecule has 0 N–H and O–H groups in total. The number of rotatable bonds is 0. The predicted octanol–water partition coefficient (Wildman–Crippen LogP) is 2.95. The molecule has 0 spiro atoms. The average molecular weight is 231 g/mol. The zero-order valence-electron chi connectivity index (χ0n) is 10.7. The molecule has 2 aromatic carbocycles. The number of hydrogen-bond acceptors (Lipinski definition) is 0. The minimum Gasteiger partial charge on any atom is -0.393 e. The summed E-state index contributed by atoms with van der Waals surface area (Å²) in [6, 6.07) is 15.0. The molecule has 1 nitrogen and oxygen atoms in total. The van der Waals surface area contributed by atoms with Crippen LogP contribution in [-0.4, -0.2) is 12.5 Å². The van der Waals surface area contributed by atoms with Crippen LogP contribution in [0.4, 0.5) is 0 Å². The van der Waals surface area contributed by atoms with Gasteiger partial charge in [0.15, 0.2) is 0 Å². The summed E-state index contributed by atoms with van der Waals surface area (Å²) in [6.45, 7) is 2.07. The van der Waals surface area contributed by atoms with Gasteiger partial charge in [-0.2, -0.15) is 0 Å². The number of para-hydroxylation sites is 1. The van der Waals surface area contributed by atoms with Gasteiger partial charge in [0.1, 0.15) is 0 Å². The van der Waals surface area contributed by atoms with Gasteiger partial charge in [-0.25, -0.2) is 0 Å². The van der Waals surface area contributed by atoms with E-state index in [2.05, 4.69) is 73.7 Å². The Labute approximate surface area is 108 Å². The van der Waals surface area contributed by atoms with E-state index in [1.54, 1.807) is 0 Å². The highest BCUT2D eigenvalue weighted by molar-refractivity contribution is 6.21. The molecule has 1 aromatic heterocycles. The largest absolute Gasteiger partial charge is 0.393 e. The van der Waals surface area contributed by atoms with Gasteiger partial charge in [0.2, 0.25) is 7.98 Å². The van der Waals surface area contributed by atoms with Crippen LogP contribution in [0.1, 0.15) is 18.9 Å². The van der Waals surface area contributed by atoms with Crippen LogP contribution in [0.3, 0.4) is 0 Å². The lowest BCUT2D eigenvalue weighted by atomic mass is 10.1. The zero-order chi connectivity index (χ0) is 12.5. The van der Waals surface area contributed by atoms with Crippen LogP contribution in [0, 0.1) is 11.8 Å². The molecular formula is C16H14BN. The number of fused-ring (bicyclic) bond motifs is 3. The highest BCUT2D eigenvalue weighted by Gasteiger charge is 2.06. The predicted molar refractivity (Wildman–Crippen MR) is 80.6 cm³/mol. The molecular weight excluding hydrogens is 217 g/mol. The van der Waals surface area contributed by atoms with E-state index in [4.69, 9.17) is 0 Å². The van der Waals surface area contributed by atoms with Crippen molar-refractivity contribution in [1.29, 1.82) is 0 Å². The van der Waals surface area contributed by atoms with Gasteiger partial charge in [-0.15, -0.1) is 0 Å². The minimum atomic E-state index is 0.896. The Balaban J connectivity index is 2.35. The molecule has 0 saturated carbocycles. The Hall–Kier alpha value is -2.14. The van der Waals surface area contributed by atoms with Crippen molar-refractivity contribution >= 4 is 29.8 Å². The number of nitrogens with zero attached hydrogens (tertiary/aromatic N) is 1. The molecule has 0 amide bonds. The van der Waals surface area contributed by atoms with Crippen molar-refractivity contribution in [2.75, 3.05) is 0 Å². The van der Waals surface area contributed by atoms with Crippen LogP contribution in [0.15, 0.2) is 42.5 Å². The lowest BCUT2D eigenvalue weighted by Gasteiger charge is -1.98. The standard InChI is InChI=1S/C16H14BN/c1-2-3-6-12-9-10-14-13-7-4-5-8-15(13)18(17)16(14)11-12/h4-5,7-11H,2,17H2,1H3. The second-order valence-corrected chi connectivity index (χ2v) is 4.46. The third-order valence-corrected chi connectivity index (χ3v) is 3.32. The van der Waals surface area contributed by atoms with Crippen LogP contribution >= 0.6 is 0 Å². The molecule has 0 aliphatic rings. The first-order valence-corrected chi connectivity index (χ1v) is 6.27. The van der Waals surface area contributed by atoms with Crippen molar-refractivity contribution in [3.8, 4) is 11.8 Å². The molecule has 0 unspecified atom stereocenters. The van der Waals surface area contributed by atoms with Gasteiger partial charge in [-0.3, -0.25) is 0 Å². The van der Waals surface area contributed by atoms with Crippen LogP contribution in [0.5, 0.6) is 0 Å². The first-order chi connectivity index (χ1) is 8.81. The second-order valence-electron chi connectivity index (χ2n) is 4.46. The van der Waals surface area contributed by atoms with Crippen molar-refractivity contribution in [2.24, 2.45) is 0 Å². The molecule has 0 atom stereocenters. The van der Waals surface area contributed by atoms with Gasteiger partial charge in [0.25, 0.3) is 0 Å². The first-order valence-electron chi connectivity index (χ1n) is 6.27. The maximum atomic E-state index is 3.19. The Morgan fingerprint density at radius 1 is 1.06 bits per heavy atom. The normalized spacial score (nSPS) is 10.5. The maximum absolute atomic E-state index is 3.19. The van der Waals surface area contributed by atoms with Gasteiger partial charge in [0, 0.05) is 33.8 Å². The molecule has 1 heterocycles. The lowest BCUT2D eigenvalue weighted by Crippen LogP contribution is -1.90. The Kier molecular flexibility index (Phi) is 2.61. The van der Waals surface area contributed by atoms with Gasteiger partial charge >= 0.3 is 0 Å². The quantitative estimate of drug-likeness (QED) is 0.414. The van der Waals surface area contributed by atoms with E-state index in [-0.39, 0.29) is 0 Å². The van der Waals surface area contributed by atoms with Crippen molar-refractivity contribution < 1.29 is 0 Å². The summed E-state index contributed by atoms with van der Waals surface area (Å²) in [4.78, 5) is 0. The number of benzene rings is 2. The molecule has 2 heteroatoms. The molecule has 0 fully saturated rings. The first kappa shape index (κ1) is 11.0. The molecule has 0 aliphatic carbocycles. The molecule has 86 valence electrons. The summed E-state index contributed by atoms with van der Waals surface area (Å²) in [5, 5.41) is 2.61. The van der Waals surface area contributed by atoms with Crippen LogP contribution in [0.25, 0.3) is 21.8 Å². The third-order valence-electron chi connectivity index (χ3n) is 3.32. The van der Waals surface area contributed by atoms with E-state index in [0.29, 0.717) is 0 Å². The average Bonchev–Trinajstić information content (AvgIpc) is 2.71. The summed E-state index contributed by atoms with van der Waals surface area (Å²) >= 11 is 0. The summed E-state index contributed by atoms with van der Waals surface area (Å²) < 4.78 is 2.24. The lowest BCUT2D eigenvalue weighted by molar-refractivity contribution is 1.28. The van der Waals surface area contributed by atoms with E-state index in [9.17, 15) is 0 Å². The molecule has 18 heavy (non-hydrogen) atoms. The van der Waals surface area contributed by atoms with E-state index >= 15 is 0 Å². The summed E-state index contributed by atoms with van der Waals surface area (Å²) in [6.07, 6.45) is 0.896. The Morgan fingerprint density at radius 3 is 2.67 bits per heavy atom. The van der Waals surface area contributed by atoms with Crippen molar-refractivity contribution in [2.45, 2.75) is 13.3 Å². The molecule has 0 aliphatic heterocycles. The summed E-state index contributed by atoms with van der Waals surface area (Å²) in [7, 11) is 2.11. The third kappa shape index (κ3) is 1.60. The molecule has 0 radical (unpaired) electrons. The monoisotopic (exact) mass is 231 g/mol. The highest BCUT2D eigenvalue weighted by Crippen LogP contribution is 2.27. The zero-order valence-corrected chi connectivity index (χ0v) is 10.7. The van der Waals surface area contributed by atoms with Crippen LogP contribution in [-0.2, 0) is 0 Å². The minimum absolute atomic E-state index is 0.896. The van der Waals surface area contributed by atoms with Crippen molar-refractivity contribution in [3.63, 3.8) is 0 Å². The van der Waals surface area contributed by atoms with E-state index < -0.39 is 0 Å². The smallest absolute Gasteiger partial charge is 0.223 e. The molecule has 0 saturated heterocycles. The van der Waals surface area contributed by atoms with Crippen molar-refractivity contribution in [1.82, 2.24) is 4.48 Å². The fraction of sp³-hybridized carbons (Fsp3) is 0.125. The van der Waals surface area contributed by atoms with E-state index in [1.807, 2.05) is 0 Å². The topological polar surface area (TPSA) is 4.93 Å². The fourth-order valence-electron chi connectivity index (χ4n) is 2.43. The Bertz CT molecular complexity index is 787. The Morgan fingerprint density at radius 2 is 1.83 bits per heavy atom. The van der Waals surface area contributed by atoms with Gasteiger partial charge in [-0.1, -0.05) is 43.0 Å². The fourth-order valence-corrected chi connectivity index (χ4v) is 2.43. The van der Waals surface area contributed by atoms with Gasteiger partial charge in [-0.05, 0) is 18.2 Å². The summed E-state index contributed by atoms with van der Waals surface area (Å²) in [5.41, 5.74) is 3.61. The van der Waals surface area contributed by atoms with Gasteiger partial charge < -0.3 is 4.48 Å². The molecule has 0 bridgehead atoms. The number of aromatic nitrogens is 1. The van der Waals surface area contributed by atoms with Crippen LogP contribution in [0.2, 0.25) is 0 Å². The van der Waals surface area contributed by atoms with E-state index in [0.717, 1.165) is 12.0 Å². The molecule has 3 rings (SSSR count). The SMILES string of the molecule is Bn1c2ccccc2c2ccc(C#CCC)cc21. The van der Waals surface area contributed by atoms with Gasteiger partial charge in [0.05, 0.1) is 0 Å². The van der Waals surface area contributed by atoms with Crippen molar-refractivity contribution in [3.05, 3.63) is 48.0 Å². The second kappa shape index (κ2) is 4.27.